The molecular formula is C8H12F3NO3. The fourth-order valence-corrected chi connectivity index (χ4v) is 0.644. The van der Waals surface area contributed by atoms with Crippen LogP contribution in [-0.2, 0) is 9.59 Å². The van der Waals surface area contributed by atoms with Gasteiger partial charge in [0.1, 0.15) is 0 Å². The van der Waals surface area contributed by atoms with Gasteiger partial charge in [0, 0.05) is 6.04 Å². The molecule has 0 aromatic carbocycles. The van der Waals surface area contributed by atoms with Crippen molar-refractivity contribution in [3.05, 3.63) is 0 Å². The normalized spacial score (nSPS) is 14.5. The largest absolute Gasteiger partial charge is 0.481 e. The molecule has 0 saturated carbocycles. The Hall–Kier alpha value is -1.27. The topological polar surface area (TPSA) is 66.4 Å². The van der Waals surface area contributed by atoms with E-state index < -0.39 is 29.5 Å². The minimum absolute atomic E-state index is 1.12. The number of nitrogens with one attached hydrogen (secondary N) is 1. The van der Waals surface area contributed by atoms with Crippen molar-refractivity contribution in [2.75, 3.05) is 0 Å². The number of carbonyl (C=O) groups excluding carboxylic acids is 1. The molecule has 0 aromatic rings. The smallest absolute Gasteiger partial charge is 0.471 e. The zero-order valence-electron chi connectivity index (χ0n) is 8.47. The molecule has 0 saturated heterocycles. The average Bonchev–Trinajstić information content (AvgIpc) is 2.01. The van der Waals surface area contributed by atoms with Gasteiger partial charge in [0.15, 0.2) is 0 Å². The molecule has 2 N–H and O–H groups in total. The minimum Gasteiger partial charge on any atom is -0.481 e. The van der Waals surface area contributed by atoms with Gasteiger partial charge in [-0.3, -0.25) is 9.59 Å². The van der Waals surface area contributed by atoms with Crippen LogP contribution in [-0.4, -0.2) is 29.2 Å². The van der Waals surface area contributed by atoms with Crippen molar-refractivity contribution in [2.45, 2.75) is 33.0 Å². The van der Waals surface area contributed by atoms with Crippen molar-refractivity contribution in [1.29, 1.82) is 0 Å². The molecule has 0 aliphatic carbocycles. The molecule has 0 rings (SSSR count). The van der Waals surface area contributed by atoms with Crippen LogP contribution in [0.5, 0.6) is 0 Å². The second-order valence-electron chi connectivity index (χ2n) is 3.72. The molecule has 1 amide bonds. The number of rotatable bonds is 3. The van der Waals surface area contributed by atoms with E-state index in [-0.39, 0.29) is 0 Å². The molecule has 0 aliphatic heterocycles. The third-order valence-electron chi connectivity index (χ3n) is 2.24. The van der Waals surface area contributed by atoms with Crippen molar-refractivity contribution in [3.63, 3.8) is 0 Å². The number of hydrogen-bond acceptors (Lipinski definition) is 2. The van der Waals surface area contributed by atoms with Gasteiger partial charge < -0.3 is 10.4 Å². The van der Waals surface area contributed by atoms with E-state index in [9.17, 15) is 22.8 Å². The van der Waals surface area contributed by atoms with Gasteiger partial charge in [-0.2, -0.15) is 13.2 Å². The van der Waals surface area contributed by atoms with Crippen LogP contribution in [0.4, 0.5) is 13.2 Å². The second-order valence-corrected chi connectivity index (χ2v) is 3.72. The lowest BCUT2D eigenvalue weighted by molar-refractivity contribution is -0.175. The number of halogens is 3. The van der Waals surface area contributed by atoms with Gasteiger partial charge >= 0.3 is 18.1 Å². The summed E-state index contributed by atoms with van der Waals surface area (Å²) in [5.41, 5.74) is -1.46. The van der Waals surface area contributed by atoms with E-state index in [0.717, 1.165) is 0 Å². The number of aliphatic carboxylic acids is 1. The Bertz CT molecular complexity index is 273. The molecule has 0 aliphatic rings. The van der Waals surface area contributed by atoms with Crippen molar-refractivity contribution in [3.8, 4) is 0 Å². The van der Waals surface area contributed by atoms with Crippen LogP contribution in [0.2, 0.25) is 0 Å². The highest BCUT2D eigenvalue weighted by Gasteiger charge is 2.43. The van der Waals surface area contributed by atoms with Gasteiger partial charge in [-0.1, -0.05) is 0 Å². The summed E-state index contributed by atoms with van der Waals surface area (Å²) < 4.78 is 35.5. The number of hydrogen-bond donors (Lipinski definition) is 2. The molecular weight excluding hydrogens is 215 g/mol. The third-order valence-corrected chi connectivity index (χ3v) is 2.24. The first-order chi connectivity index (χ1) is 6.49. The summed E-state index contributed by atoms with van der Waals surface area (Å²) in [6.07, 6.45) is -5.00. The summed E-state index contributed by atoms with van der Waals surface area (Å²) >= 11 is 0. The van der Waals surface area contributed by atoms with Gasteiger partial charge in [0.25, 0.3) is 0 Å². The molecule has 0 spiro atoms. The number of carbonyl (C=O) groups is 2. The highest BCUT2D eigenvalue weighted by molar-refractivity contribution is 5.83. The molecule has 0 radical (unpaired) electrons. The molecule has 4 nitrogen and oxygen atoms in total. The standard InChI is InChI=1S/C8H12F3NO3/c1-4(7(2,3)6(14)15)12-5(13)8(9,10)11/h4H,1-3H3,(H,12,13)(H,14,15)/t4-/m1/s1. The summed E-state index contributed by atoms with van der Waals surface area (Å²) in [6, 6.07) is -1.12. The van der Waals surface area contributed by atoms with Crippen molar-refractivity contribution < 1.29 is 27.9 Å². The Morgan fingerprint density at radius 1 is 1.27 bits per heavy atom. The molecule has 0 aromatic heterocycles. The lowest BCUT2D eigenvalue weighted by Crippen LogP contribution is -2.50. The average molecular weight is 227 g/mol. The summed E-state index contributed by atoms with van der Waals surface area (Å²) in [7, 11) is 0. The van der Waals surface area contributed by atoms with Crippen molar-refractivity contribution in [2.24, 2.45) is 5.41 Å². The van der Waals surface area contributed by atoms with Gasteiger partial charge in [-0.15, -0.1) is 0 Å². The van der Waals surface area contributed by atoms with Gasteiger partial charge in [0.05, 0.1) is 5.41 Å². The molecule has 1 atom stereocenters. The lowest BCUT2D eigenvalue weighted by Gasteiger charge is -2.28. The zero-order valence-corrected chi connectivity index (χ0v) is 8.47. The molecule has 0 unspecified atom stereocenters. The SMILES string of the molecule is C[C@@H](NC(=O)C(F)(F)F)C(C)(C)C(=O)O. The third kappa shape index (κ3) is 3.41. The molecule has 0 fully saturated rings. The van der Waals surface area contributed by atoms with E-state index in [1.54, 1.807) is 5.32 Å². The fraction of sp³-hybridized carbons (Fsp3) is 0.750. The van der Waals surface area contributed by atoms with Crippen molar-refractivity contribution in [1.82, 2.24) is 5.32 Å². The van der Waals surface area contributed by atoms with Crippen LogP contribution in [0, 0.1) is 5.41 Å². The van der Waals surface area contributed by atoms with Crippen LogP contribution in [0.25, 0.3) is 0 Å². The van der Waals surface area contributed by atoms with E-state index >= 15 is 0 Å². The lowest BCUT2D eigenvalue weighted by atomic mass is 9.85. The quantitative estimate of drug-likeness (QED) is 0.760. The predicted molar refractivity (Wildman–Crippen MR) is 45.1 cm³/mol. The Morgan fingerprint density at radius 3 is 1.93 bits per heavy atom. The number of amides is 1. The zero-order chi connectivity index (χ0) is 12.4. The van der Waals surface area contributed by atoms with Crippen LogP contribution in [0.3, 0.4) is 0 Å². The molecule has 88 valence electrons. The predicted octanol–water partition coefficient (Wildman–Crippen LogP) is 1.16. The van der Waals surface area contributed by atoms with Crippen LogP contribution < -0.4 is 5.32 Å². The van der Waals surface area contributed by atoms with Crippen LogP contribution in [0.15, 0.2) is 0 Å². The summed E-state index contributed by atoms with van der Waals surface area (Å²) in [5, 5.41) is 10.3. The highest BCUT2D eigenvalue weighted by Crippen LogP contribution is 2.22. The van der Waals surface area contributed by atoms with E-state index in [2.05, 4.69) is 0 Å². The monoisotopic (exact) mass is 227 g/mol. The number of carboxylic acid groups (broad SMARTS) is 1. The number of carboxylic acids is 1. The van der Waals surface area contributed by atoms with Crippen LogP contribution >= 0.6 is 0 Å². The molecule has 7 heteroatoms. The molecule has 0 heterocycles. The summed E-state index contributed by atoms with van der Waals surface area (Å²) in [4.78, 5) is 21.2. The van der Waals surface area contributed by atoms with Gasteiger partial charge in [0.2, 0.25) is 0 Å². The first-order valence-corrected chi connectivity index (χ1v) is 4.10. The maximum atomic E-state index is 11.8. The maximum absolute atomic E-state index is 11.8. The molecule has 15 heavy (non-hydrogen) atoms. The second kappa shape index (κ2) is 4.08. The Kier molecular flexibility index (Phi) is 3.73. The van der Waals surface area contributed by atoms with E-state index in [4.69, 9.17) is 5.11 Å². The van der Waals surface area contributed by atoms with Gasteiger partial charge in [-0.05, 0) is 20.8 Å². The van der Waals surface area contributed by atoms with Crippen LogP contribution in [0.1, 0.15) is 20.8 Å². The minimum atomic E-state index is -5.00. The first kappa shape index (κ1) is 13.7. The van der Waals surface area contributed by atoms with Crippen molar-refractivity contribution >= 4 is 11.9 Å². The highest BCUT2D eigenvalue weighted by atomic mass is 19.4. The Morgan fingerprint density at radius 2 is 1.67 bits per heavy atom. The molecule has 0 bridgehead atoms. The Balaban J connectivity index is 4.58. The first-order valence-electron chi connectivity index (χ1n) is 4.10. The maximum Gasteiger partial charge on any atom is 0.471 e. The summed E-state index contributed by atoms with van der Waals surface area (Å²) in [5.74, 6) is -3.42. The van der Waals surface area contributed by atoms with E-state index in [0.29, 0.717) is 0 Å². The Labute approximate surface area is 84.5 Å². The van der Waals surface area contributed by atoms with Gasteiger partial charge in [-0.25, -0.2) is 0 Å². The fourth-order valence-electron chi connectivity index (χ4n) is 0.644. The van der Waals surface area contributed by atoms with E-state index in [1.165, 1.54) is 20.8 Å². The summed E-state index contributed by atoms with van der Waals surface area (Å²) in [6.45, 7) is 3.67. The van der Waals surface area contributed by atoms with E-state index in [1.807, 2.05) is 0 Å². The number of alkyl halides is 3.